The number of anilines is 1. The molecule has 8 heteroatoms. The molecule has 0 aromatic heterocycles. The van der Waals surface area contributed by atoms with Crippen molar-refractivity contribution < 1.29 is 9.53 Å². The van der Waals surface area contributed by atoms with E-state index < -0.39 is 6.04 Å². The second kappa shape index (κ2) is 14.0. The first-order valence-corrected chi connectivity index (χ1v) is 8.07. The highest BCUT2D eigenvalue weighted by molar-refractivity contribution is 6.18. The summed E-state index contributed by atoms with van der Waals surface area (Å²) in [5.74, 6) is 0.728. The van der Waals surface area contributed by atoms with Crippen molar-refractivity contribution in [3.63, 3.8) is 0 Å². The van der Waals surface area contributed by atoms with Gasteiger partial charge in [0.1, 0.15) is 6.04 Å². The first kappa shape index (κ1) is 24.9. The Morgan fingerprint density at radius 3 is 2.13 bits per heavy atom. The maximum Gasteiger partial charge on any atom is 0.323 e. The maximum absolute atomic E-state index is 11.5. The van der Waals surface area contributed by atoms with Crippen LogP contribution in [0.25, 0.3) is 0 Å². The van der Waals surface area contributed by atoms with Crippen LogP contribution in [-0.2, 0) is 16.0 Å². The molecule has 1 atom stereocenters. The number of carbonyl (C=O) groups excluding carboxylic acids is 1. The molecule has 1 rings (SSSR count). The van der Waals surface area contributed by atoms with Crippen molar-refractivity contribution in [2.24, 2.45) is 5.73 Å². The Bertz CT molecular complexity index is 426. The van der Waals surface area contributed by atoms with Crippen molar-refractivity contribution in [1.29, 1.82) is 0 Å². The molecular formula is C15H24Cl4N2O2. The van der Waals surface area contributed by atoms with Crippen LogP contribution < -0.4 is 10.6 Å². The fourth-order valence-corrected chi connectivity index (χ4v) is 2.41. The highest BCUT2D eigenvalue weighted by Gasteiger charge is 2.15. The molecular weight excluding hydrogens is 382 g/mol. The highest BCUT2D eigenvalue weighted by atomic mass is 35.5. The van der Waals surface area contributed by atoms with Gasteiger partial charge < -0.3 is 15.4 Å². The number of carbonyl (C=O) groups is 1. The number of hydrogen-bond donors (Lipinski definition) is 1. The fraction of sp³-hybridized carbons (Fsp3) is 0.533. The number of alkyl halides is 2. The van der Waals surface area contributed by atoms with Crippen molar-refractivity contribution in [1.82, 2.24) is 0 Å². The zero-order valence-electron chi connectivity index (χ0n) is 13.0. The molecule has 1 aromatic carbocycles. The highest BCUT2D eigenvalue weighted by Crippen LogP contribution is 2.16. The number of esters is 1. The Balaban J connectivity index is 0. The third-order valence-corrected chi connectivity index (χ3v) is 3.39. The molecule has 0 bridgehead atoms. The Morgan fingerprint density at radius 1 is 1.17 bits per heavy atom. The first-order chi connectivity index (χ1) is 10.1. The Morgan fingerprint density at radius 2 is 1.70 bits per heavy atom. The van der Waals surface area contributed by atoms with Crippen molar-refractivity contribution >= 4 is 59.7 Å². The lowest BCUT2D eigenvalue weighted by molar-refractivity contribution is -0.144. The van der Waals surface area contributed by atoms with Gasteiger partial charge in [-0.25, -0.2) is 0 Å². The van der Waals surface area contributed by atoms with Gasteiger partial charge in [0, 0.05) is 30.5 Å². The second-order valence-corrected chi connectivity index (χ2v) is 5.35. The van der Waals surface area contributed by atoms with E-state index in [1.165, 1.54) is 0 Å². The lowest BCUT2D eigenvalue weighted by Crippen LogP contribution is -2.34. The van der Waals surface area contributed by atoms with Crippen LogP contribution in [0.4, 0.5) is 5.69 Å². The molecule has 0 saturated heterocycles. The van der Waals surface area contributed by atoms with Gasteiger partial charge in [0.2, 0.25) is 0 Å². The normalized spacial score (nSPS) is 11.0. The fourth-order valence-electron chi connectivity index (χ4n) is 2.00. The van der Waals surface area contributed by atoms with Crippen LogP contribution >= 0.6 is 48.0 Å². The average Bonchev–Trinajstić information content (AvgIpc) is 2.48. The molecule has 0 aliphatic heterocycles. The molecule has 0 amide bonds. The average molecular weight is 406 g/mol. The van der Waals surface area contributed by atoms with E-state index in [-0.39, 0.29) is 30.8 Å². The predicted octanol–water partition coefficient (Wildman–Crippen LogP) is 3.25. The van der Waals surface area contributed by atoms with Crippen LogP contribution in [0.3, 0.4) is 0 Å². The maximum atomic E-state index is 11.5. The van der Waals surface area contributed by atoms with Crippen LogP contribution in [0.5, 0.6) is 0 Å². The lowest BCUT2D eigenvalue weighted by atomic mass is 10.1. The SMILES string of the molecule is CCOC(=O)C(N)Cc1ccc(N(CCCl)CCCl)cc1.Cl.Cl. The summed E-state index contributed by atoms with van der Waals surface area (Å²) >= 11 is 11.6. The third kappa shape index (κ3) is 8.87. The Kier molecular flexibility index (Phi) is 15.1. The standard InChI is InChI=1S/C15H22Cl2N2O2.2ClH/c1-2-21-15(20)14(18)11-12-3-5-13(6-4-12)19(9-7-16)10-8-17;;/h3-6,14H,2,7-11,18H2,1H3;2*1H. The second-order valence-electron chi connectivity index (χ2n) is 4.59. The molecule has 1 unspecified atom stereocenters. The van der Waals surface area contributed by atoms with E-state index in [0.717, 1.165) is 24.3 Å². The minimum Gasteiger partial charge on any atom is -0.465 e. The van der Waals surface area contributed by atoms with Crippen LogP contribution in [0.15, 0.2) is 24.3 Å². The van der Waals surface area contributed by atoms with E-state index in [1.807, 2.05) is 24.3 Å². The summed E-state index contributed by atoms with van der Waals surface area (Å²) in [6, 6.07) is 7.28. The first-order valence-electron chi connectivity index (χ1n) is 7.00. The molecule has 0 spiro atoms. The monoisotopic (exact) mass is 404 g/mol. The van der Waals surface area contributed by atoms with E-state index in [0.29, 0.717) is 24.8 Å². The van der Waals surface area contributed by atoms with Crippen molar-refractivity contribution in [3.8, 4) is 0 Å². The van der Waals surface area contributed by atoms with E-state index in [9.17, 15) is 4.79 Å². The molecule has 2 N–H and O–H groups in total. The minimum absolute atomic E-state index is 0. The zero-order valence-corrected chi connectivity index (χ0v) is 16.2. The zero-order chi connectivity index (χ0) is 15.7. The largest absolute Gasteiger partial charge is 0.465 e. The van der Waals surface area contributed by atoms with Gasteiger partial charge in [-0.05, 0) is 31.0 Å². The van der Waals surface area contributed by atoms with Gasteiger partial charge in [0.25, 0.3) is 0 Å². The molecule has 0 radical (unpaired) electrons. The van der Waals surface area contributed by atoms with Crippen LogP contribution in [0.2, 0.25) is 0 Å². The number of nitrogens with two attached hydrogens (primary N) is 1. The summed E-state index contributed by atoms with van der Waals surface area (Å²) in [5, 5.41) is 0. The number of rotatable bonds is 9. The van der Waals surface area contributed by atoms with Crippen molar-refractivity contribution in [3.05, 3.63) is 29.8 Å². The van der Waals surface area contributed by atoms with Gasteiger partial charge in [-0.1, -0.05) is 12.1 Å². The number of nitrogens with zero attached hydrogens (tertiary/aromatic N) is 1. The summed E-state index contributed by atoms with van der Waals surface area (Å²) < 4.78 is 4.90. The molecule has 4 nitrogen and oxygen atoms in total. The van der Waals surface area contributed by atoms with E-state index in [2.05, 4.69) is 4.90 Å². The lowest BCUT2D eigenvalue weighted by Gasteiger charge is -2.23. The molecule has 0 saturated carbocycles. The predicted molar refractivity (Wildman–Crippen MR) is 103 cm³/mol. The molecule has 0 aliphatic carbocycles. The number of halogens is 4. The van der Waals surface area contributed by atoms with Gasteiger partial charge in [-0.3, -0.25) is 4.79 Å². The van der Waals surface area contributed by atoms with E-state index in [1.54, 1.807) is 6.92 Å². The van der Waals surface area contributed by atoms with E-state index in [4.69, 9.17) is 33.7 Å². The van der Waals surface area contributed by atoms with Gasteiger partial charge in [0.15, 0.2) is 0 Å². The number of ether oxygens (including phenoxy) is 1. The van der Waals surface area contributed by atoms with Crippen molar-refractivity contribution in [2.75, 3.05) is 36.4 Å². The van der Waals surface area contributed by atoms with Gasteiger partial charge >= 0.3 is 5.97 Å². The molecule has 0 fully saturated rings. The van der Waals surface area contributed by atoms with Gasteiger partial charge in [0.05, 0.1) is 6.61 Å². The summed E-state index contributed by atoms with van der Waals surface area (Å²) in [6.07, 6.45) is 0.462. The number of benzene rings is 1. The quantitative estimate of drug-likeness (QED) is 0.506. The molecule has 134 valence electrons. The van der Waals surface area contributed by atoms with Crippen LogP contribution in [0.1, 0.15) is 12.5 Å². The summed E-state index contributed by atoms with van der Waals surface area (Å²) in [6.45, 7) is 3.60. The number of hydrogen-bond acceptors (Lipinski definition) is 4. The third-order valence-electron chi connectivity index (χ3n) is 3.06. The summed E-state index contributed by atoms with van der Waals surface area (Å²) in [4.78, 5) is 13.6. The molecule has 0 heterocycles. The molecule has 1 aromatic rings. The Hall–Kier alpha value is -0.390. The Labute approximate surface area is 160 Å². The van der Waals surface area contributed by atoms with Crippen LogP contribution in [-0.4, -0.2) is 43.5 Å². The smallest absolute Gasteiger partial charge is 0.323 e. The summed E-state index contributed by atoms with van der Waals surface area (Å²) in [5.41, 5.74) is 7.86. The van der Waals surface area contributed by atoms with Gasteiger partial charge in [-0.2, -0.15) is 0 Å². The molecule has 0 aliphatic rings. The minimum atomic E-state index is -0.627. The van der Waals surface area contributed by atoms with Crippen LogP contribution in [0, 0.1) is 0 Å². The summed E-state index contributed by atoms with van der Waals surface area (Å²) in [7, 11) is 0. The van der Waals surface area contributed by atoms with E-state index >= 15 is 0 Å². The topological polar surface area (TPSA) is 55.6 Å². The molecule has 23 heavy (non-hydrogen) atoms. The van der Waals surface area contributed by atoms with Crippen molar-refractivity contribution in [2.45, 2.75) is 19.4 Å². The van der Waals surface area contributed by atoms with Gasteiger partial charge in [-0.15, -0.1) is 48.0 Å².